The highest BCUT2D eigenvalue weighted by atomic mass is 32.2. The van der Waals surface area contributed by atoms with Crippen molar-refractivity contribution < 1.29 is 14.3 Å². The van der Waals surface area contributed by atoms with Gasteiger partial charge in [0.2, 0.25) is 0 Å². The second-order valence-corrected chi connectivity index (χ2v) is 10.0. The molecule has 0 spiro atoms. The van der Waals surface area contributed by atoms with Gasteiger partial charge < -0.3 is 24.6 Å². The van der Waals surface area contributed by atoms with Gasteiger partial charge in [0.1, 0.15) is 5.82 Å². The minimum Gasteiger partial charge on any atom is -0.493 e. The molecule has 9 heteroatoms. The first-order valence-corrected chi connectivity index (χ1v) is 13.2. The van der Waals surface area contributed by atoms with Gasteiger partial charge in [-0.2, -0.15) is 0 Å². The number of benzene rings is 2. The van der Waals surface area contributed by atoms with Crippen molar-refractivity contribution in [1.82, 2.24) is 20.2 Å². The van der Waals surface area contributed by atoms with Crippen LogP contribution in [0.2, 0.25) is 0 Å². The molecule has 0 aliphatic carbocycles. The van der Waals surface area contributed by atoms with Crippen molar-refractivity contribution in [2.75, 3.05) is 59.9 Å². The molecule has 37 heavy (non-hydrogen) atoms. The zero-order valence-electron chi connectivity index (χ0n) is 22.6. The number of hydrogen-bond acceptors (Lipinski definition) is 8. The number of hydrogen-bond donors (Lipinski definition) is 1. The summed E-state index contributed by atoms with van der Waals surface area (Å²) in [6, 6.07) is 15.7. The van der Waals surface area contributed by atoms with Crippen LogP contribution in [0.4, 0.5) is 5.82 Å². The van der Waals surface area contributed by atoms with Crippen LogP contribution in [-0.4, -0.2) is 75.8 Å². The first-order chi connectivity index (χ1) is 17.8. The average Bonchev–Trinajstić information content (AvgIpc) is 2.89. The second kappa shape index (κ2) is 13.9. The van der Waals surface area contributed by atoms with Gasteiger partial charge in [-0.3, -0.25) is 4.79 Å². The van der Waals surface area contributed by atoms with Crippen LogP contribution in [0.1, 0.15) is 27.2 Å². The number of thioether (sulfide) groups is 1. The van der Waals surface area contributed by atoms with Crippen LogP contribution in [0.15, 0.2) is 53.7 Å². The van der Waals surface area contributed by atoms with Gasteiger partial charge in [0.15, 0.2) is 16.7 Å². The van der Waals surface area contributed by atoms with Gasteiger partial charge in [0.05, 0.1) is 14.2 Å². The molecule has 0 aliphatic heterocycles. The number of carbonyl (C=O) groups excluding carboxylic acids is 1. The molecular formula is C28H37N5O3S. The fraction of sp³-hybridized carbons (Fsp3) is 0.393. The maximum atomic E-state index is 12.5. The third-order valence-electron chi connectivity index (χ3n) is 5.80. The van der Waals surface area contributed by atoms with E-state index < -0.39 is 0 Å². The van der Waals surface area contributed by atoms with Crippen LogP contribution in [0.25, 0.3) is 0 Å². The summed E-state index contributed by atoms with van der Waals surface area (Å²) in [5.74, 6) is 2.96. The lowest BCUT2D eigenvalue weighted by atomic mass is 10.1. The van der Waals surface area contributed by atoms with Crippen LogP contribution in [0, 0.1) is 6.92 Å². The fourth-order valence-corrected chi connectivity index (χ4v) is 4.52. The number of amides is 1. The maximum Gasteiger partial charge on any atom is 0.251 e. The molecule has 1 aromatic heterocycles. The van der Waals surface area contributed by atoms with Crippen LogP contribution in [0.3, 0.4) is 0 Å². The number of ether oxygens (including phenoxy) is 2. The Hall–Kier alpha value is -3.30. The van der Waals surface area contributed by atoms with E-state index in [0.29, 0.717) is 23.0 Å². The predicted octanol–water partition coefficient (Wildman–Crippen LogP) is 4.06. The smallest absolute Gasteiger partial charge is 0.251 e. The van der Waals surface area contributed by atoms with E-state index in [1.54, 1.807) is 26.0 Å². The standard InChI is InChI=1S/C28H37N5O3S/c1-20-16-26(33(4)14-12-21-10-11-24(35-5)25(18-21)36-6)31-28(30-20)37-19-22-8-7-9-23(17-22)27(34)29-13-15-32(2)3/h7-11,16-18H,12-15,19H2,1-6H3,(H,29,34). The van der Waals surface area contributed by atoms with E-state index in [2.05, 4.69) is 21.3 Å². The highest BCUT2D eigenvalue weighted by Gasteiger charge is 2.11. The summed E-state index contributed by atoms with van der Waals surface area (Å²) in [5, 5.41) is 3.68. The summed E-state index contributed by atoms with van der Waals surface area (Å²) < 4.78 is 10.8. The Labute approximate surface area is 224 Å². The Kier molecular flexibility index (Phi) is 10.6. The molecule has 0 fully saturated rings. The first-order valence-electron chi connectivity index (χ1n) is 12.2. The number of likely N-dealkylation sites (N-methyl/N-ethyl adjacent to an activating group) is 2. The number of methoxy groups -OCH3 is 2. The number of carbonyl (C=O) groups is 1. The lowest BCUT2D eigenvalue weighted by Crippen LogP contribution is -2.31. The third kappa shape index (κ3) is 8.65. The minimum absolute atomic E-state index is 0.0566. The van der Waals surface area contributed by atoms with Crippen molar-refractivity contribution in [3.8, 4) is 11.5 Å². The molecule has 3 aromatic rings. The number of nitrogens with one attached hydrogen (secondary N) is 1. The molecule has 0 saturated heterocycles. The summed E-state index contributed by atoms with van der Waals surface area (Å²) in [5.41, 5.74) is 3.80. The van der Waals surface area contributed by atoms with E-state index in [4.69, 9.17) is 14.5 Å². The zero-order chi connectivity index (χ0) is 26.8. The fourth-order valence-electron chi connectivity index (χ4n) is 3.68. The van der Waals surface area contributed by atoms with E-state index in [1.807, 2.05) is 75.4 Å². The van der Waals surface area contributed by atoms with Crippen molar-refractivity contribution in [3.63, 3.8) is 0 Å². The molecule has 198 valence electrons. The molecule has 8 nitrogen and oxygen atoms in total. The van der Waals surface area contributed by atoms with Gasteiger partial charge in [0.25, 0.3) is 5.91 Å². The van der Waals surface area contributed by atoms with Crippen molar-refractivity contribution in [3.05, 3.63) is 70.9 Å². The molecule has 0 bridgehead atoms. The summed E-state index contributed by atoms with van der Waals surface area (Å²) in [6.07, 6.45) is 0.839. The molecule has 0 radical (unpaired) electrons. The molecule has 1 heterocycles. The predicted molar refractivity (Wildman–Crippen MR) is 150 cm³/mol. The first kappa shape index (κ1) is 28.3. The van der Waals surface area contributed by atoms with E-state index >= 15 is 0 Å². The van der Waals surface area contributed by atoms with E-state index in [9.17, 15) is 4.79 Å². The summed E-state index contributed by atoms with van der Waals surface area (Å²) in [6.45, 7) is 4.19. The molecule has 0 atom stereocenters. The Balaban J connectivity index is 1.60. The number of anilines is 1. The molecule has 1 N–H and O–H groups in total. The number of aromatic nitrogens is 2. The third-order valence-corrected chi connectivity index (χ3v) is 6.72. The van der Waals surface area contributed by atoms with E-state index in [-0.39, 0.29) is 5.91 Å². The van der Waals surface area contributed by atoms with Crippen LogP contribution in [0.5, 0.6) is 11.5 Å². The Morgan fingerprint density at radius 1 is 0.946 bits per heavy atom. The highest BCUT2D eigenvalue weighted by Crippen LogP contribution is 2.28. The normalized spacial score (nSPS) is 10.9. The van der Waals surface area contributed by atoms with Gasteiger partial charge in [0, 0.05) is 49.8 Å². The van der Waals surface area contributed by atoms with Gasteiger partial charge in [-0.05, 0) is 62.8 Å². The Morgan fingerprint density at radius 3 is 2.46 bits per heavy atom. The largest absolute Gasteiger partial charge is 0.493 e. The van der Waals surface area contributed by atoms with Crippen molar-refractivity contribution in [1.29, 1.82) is 0 Å². The molecular weight excluding hydrogens is 486 g/mol. The minimum atomic E-state index is -0.0566. The number of rotatable bonds is 13. The molecule has 2 aromatic carbocycles. The molecule has 0 saturated carbocycles. The Bertz CT molecular complexity index is 1190. The van der Waals surface area contributed by atoms with Gasteiger partial charge in [-0.15, -0.1) is 0 Å². The van der Waals surface area contributed by atoms with Crippen LogP contribution >= 0.6 is 11.8 Å². The number of nitrogens with zero attached hydrogens (tertiary/aromatic N) is 4. The van der Waals surface area contributed by atoms with Crippen LogP contribution < -0.4 is 19.7 Å². The van der Waals surface area contributed by atoms with Gasteiger partial charge >= 0.3 is 0 Å². The van der Waals surface area contributed by atoms with Crippen LogP contribution in [-0.2, 0) is 12.2 Å². The van der Waals surface area contributed by atoms with Gasteiger partial charge in [-0.25, -0.2) is 9.97 Å². The maximum absolute atomic E-state index is 12.5. The zero-order valence-corrected chi connectivity index (χ0v) is 23.4. The summed E-state index contributed by atoms with van der Waals surface area (Å²) in [4.78, 5) is 26.0. The monoisotopic (exact) mass is 523 g/mol. The summed E-state index contributed by atoms with van der Waals surface area (Å²) >= 11 is 1.57. The van der Waals surface area contributed by atoms with Crippen molar-refractivity contribution >= 4 is 23.5 Å². The Morgan fingerprint density at radius 2 is 1.73 bits per heavy atom. The number of aryl methyl sites for hydroxylation is 1. The van der Waals surface area contributed by atoms with E-state index in [0.717, 1.165) is 53.6 Å². The highest BCUT2D eigenvalue weighted by molar-refractivity contribution is 7.98. The SMILES string of the molecule is COc1ccc(CCN(C)c2cc(C)nc(SCc3cccc(C(=O)NCCN(C)C)c3)n2)cc1OC. The summed E-state index contributed by atoms with van der Waals surface area (Å²) in [7, 11) is 9.29. The lowest BCUT2D eigenvalue weighted by molar-refractivity contribution is 0.0951. The average molecular weight is 524 g/mol. The van der Waals surface area contributed by atoms with Gasteiger partial charge in [-0.1, -0.05) is 30.0 Å². The second-order valence-electron chi connectivity index (χ2n) is 9.06. The molecule has 0 aliphatic rings. The van der Waals surface area contributed by atoms with Crippen molar-refractivity contribution in [2.45, 2.75) is 24.3 Å². The molecule has 1 amide bonds. The van der Waals surface area contributed by atoms with Crippen molar-refractivity contribution in [2.24, 2.45) is 0 Å². The topological polar surface area (TPSA) is 79.8 Å². The van der Waals surface area contributed by atoms with E-state index in [1.165, 1.54) is 0 Å². The molecule has 3 rings (SSSR count). The quantitative estimate of drug-likeness (QED) is 0.265. The lowest BCUT2D eigenvalue weighted by Gasteiger charge is -2.19. The molecule has 0 unspecified atom stereocenters.